The number of anilines is 2. The Morgan fingerprint density at radius 3 is 2.79 bits per heavy atom. The van der Waals surface area contributed by atoms with Crippen LogP contribution >= 0.6 is 0 Å². The van der Waals surface area contributed by atoms with Gasteiger partial charge in [0, 0.05) is 6.54 Å². The van der Waals surface area contributed by atoms with Crippen molar-refractivity contribution < 1.29 is 13.2 Å². The standard InChI is InChI=1S/C10H17N5O3S/c1-18-8-9(13-6-14-10(8)15-11)12-5-7-3-2-4-19(7,16)17/h6-7H,2-5,11H2,1H3,(H2,12,13,14,15). The van der Waals surface area contributed by atoms with Crippen molar-refractivity contribution in [2.45, 2.75) is 18.1 Å². The molecule has 1 saturated heterocycles. The van der Waals surface area contributed by atoms with E-state index in [2.05, 4.69) is 20.7 Å². The maximum atomic E-state index is 11.7. The zero-order valence-corrected chi connectivity index (χ0v) is 11.4. The molecule has 2 rings (SSSR count). The van der Waals surface area contributed by atoms with E-state index in [1.54, 1.807) is 0 Å². The molecule has 8 nitrogen and oxygen atoms in total. The summed E-state index contributed by atoms with van der Waals surface area (Å²) in [5.41, 5.74) is 2.40. The quantitative estimate of drug-likeness (QED) is 0.501. The molecular formula is C10H17N5O3S. The highest BCUT2D eigenvalue weighted by molar-refractivity contribution is 7.92. The lowest BCUT2D eigenvalue weighted by molar-refractivity contribution is 0.414. The molecule has 19 heavy (non-hydrogen) atoms. The molecule has 1 atom stereocenters. The van der Waals surface area contributed by atoms with Crippen LogP contribution in [0.1, 0.15) is 12.8 Å². The fraction of sp³-hybridized carbons (Fsp3) is 0.600. The molecule has 1 unspecified atom stereocenters. The number of nitrogens with zero attached hydrogens (tertiary/aromatic N) is 2. The van der Waals surface area contributed by atoms with Crippen LogP contribution in [-0.4, -0.2) is 43.0 Å². The van der Waals surface area contributed by atoms with Crippen LogP contribution in [0.3, 0.4) is 0 Å². The minimum absolute atomic E-state index is 0.260. The molecular weight excluding hydrogens is 270 g/mol. The first-order chi connectivity index (χ1) is 9.08. The maximum Gasteiger partial charge on any atom is 0.205 e. The number of nitrogens with one attached hydrogen (secondary N) is 2. The lowest BCUT2D eigenvalue weighted by Gasteiger charge is -2.14. The van der Waals surface area contributed by atoms with E-state index in [1.807, 2.05) is 0 Å². The first kappa shape index (κ1) is 13.8. The van der Waals surface area contributed by atoms with Crippen LogP contribution < -0.4 is 21.3 Å². The number of ether oxygens (including phenoxy) is 1. The van der Waals surface area contributed by atoms with Crippen LogP contribution in [-0.2, 0) is 9.84 Å². The third-order valence-corrected chi connectivity index (χ3v) is 5.38. The number of nitrogen functional groups attached to an aromatic ring is 1. The second-order valence-corrected chi connectivity index (χ2v) is 6.66. The smallest absolute Gasteiger partial charge is 0.205 e. The third-order valence-electron chi connectivity index (χ3n) is 3.10. The average molecular weight is 287 g/mol. The van der Waals surface area contributed by atoms with Gasteiger partial charge in [-0.05, 0) is 12.8 Å². The largest absolute Gasteiger partial charge is 0.490 e. The van der Waals surface area contributed by atoms with Gasteiger partial charge in [0.15, 0.2) is 21.5 Å². The molecule has 1 aliphatic heterocycles. The van der Waals surface area contributed by atoms with Gasteiger partial charge in [0.05, 0.1) is 18.1 Å². The Bertz CT molecular complexity index is 548. The molecule has 0 bridgehead atoms. The van der Waals surface area contributed by atoms with Crippen LogP contribution in [0.15, 0.2) is 6.33 Å². The van der Waals surface area contributed by atoms with Gasteiger partial charge in [0.2, 0.25) is 5.75 Å². The summed E-state index contributed by atoms with van der Waals surface area (Å²) in [5.74, 6) is 6.70. The molecule has 1 aromatic rings. The predicted octanol–water partition coefficient (Wildman–Crippen LogP) is -0.240. The Labute approximate surface area is 111 Å². The number of aromatic nitrogens is 2. The summed E-state index contributed by atoms with van der Waals surface area (Å²) in [6.07, 6.45) is 2.71. The molecule has 4 N–H and O–H groups in total. The molecule has 1 aliphatic rings. The van der Waals surface area contributed by atoms with Crippen molar-refractivity contribution in [3.8, 4) is 5.75 Å². The van der Waals surface area contributed by atoms with Crippen molar-refractivity contribution in [3.05, 3.63) is 6.33 Å². The summed E-state index contributed by atoms with van der Waals surface area (Å²) >= 11 is 0. The SMILES string of the molecule is COc1c(NN)ncnc1NCC1CCCS1(=O)=O. The molecule has 1 fully saturated rings. The molecule has 0 radical (unpaired) electrons. The van der Waals surface area contributed by atoms with Crippen molar-refractivity contribution in [1.29, 1.82) is 0 Å². The number of hydrogen-bond donors (Lipinski definition) is 3. The van der Waals surface area contributed by atoms with Crippen molar-refractivity contribution in [3.63, 3.8) is 0 Å². The van der Waals surface area contributed by atoms with Crippen molar-refractivity contribution >= 4 is 21.5 Å². The highest BCUT2D eigenvalue weighted by Gasteiger charge is 2.31. The number of hydrazine groups is 1. The van der Waals surface area contributed by atoms with E-state index in [0.29, 0.717) is 36.8 Å². The van der Waals surface area contributed by atoms with Crippen LogP contribution in [0.25, 0.3) is 0 Å². The van der Waals surface area contributed by atoms with Crippen molar-refractivity contribution in [2.75, 3.05) is 30.1 Å². The molecule has 0 spiro atoms. The first-order valence-electron chi connectivity index (χ1n) is 5.89. The van der Waals surface area contributed by atoms with Gasteiger partial charge in [-0.3, -0.25) is 0 Å². The fourth-order valence-corrected chi connectivity index (χ4v) is 3.86. The Hall–Kier alpha value is -1.61. The fourth-order valence-electron chi connectivity index (χ4n) is 2.09. The van der Waals surface area contributed by atoms with Crippen molar-refractivity contribution in [1.82, 2.24) is 9.97 Å². The summed E-state index contributed by atoms with van der Waals surface area (Å²) < 4.78 is 28.6. The average Bonchev–Trinajstić information content (AvgIpc) is 2.74. The van der Waals surface area contributed by atoms with Gasteiger partial charge in [-0.25, -0.2) is 24.2 Å². The van der Waals surface area contributed by atoms with Gasteiger partial charge in [0.25, 0.3) is 0 Å². The minimum atomic E-state index is -2.98. The molecule has 9 heteroatoms. The summed E-state index contributed by atoms with van der Waals surface area (Å²) in [7, 11) is -1.51. The van der Waals surface area contributed by atoms with Crippen LogP contribution in [0.5, 0.6) is 5.75 Å². The third kappa shape index (κ3) is 2.87. The van der Waals surface area contributed by atoms with Gasteiger partial charge in [-0.15, -0.1) is 0 Å². The zero-order chi connectivity index (χ0) is 13.9. The lowest BCUT2D eigenvalue weighted by atomic mass is 10.2. The van der Waals surface area contributed by atoms with E-state index in [9.17, 15) is 8.42 Å². The highest BCUT2D eigenvalue weighted by Crippen LogP contribution is 2.29. The highest BCUT2D eigenvalue weighted by atomic mass is 32.2. The van der Waals surface area contributed by atoms with Crippen LogP contribution in [0, 0.1) is 0 Å². The summed E-state index contributed by atoms with van der Waals surface area (Å²) in [4.78, 5) is 7.94. The molecule has 106 valence electrons. The van der Waals surface area contributed by atoms with Gasteiger partial charge in [-0.2, -0.15) is 0 Å². The molecule has 2 heterocycles. The maximum absolute atomic E-state index is 11.7. The summed E-state index contributed by atoms with van der Waals surface area (Å²) in [6.45, 7) is 0.305. The number of methoxy groups -OCH3 is 1. The Morgan fingerprint density at radius 2 is 2.21 bits per heavy atom. The molecule has 0 aliphatic carbocycles. The monoisotopic (exact) mass is 287 g/mol. The molecule has 0 aromatic carbocycles. The van der Waals surface area contributed by atoms with E-state index in [0.717, 1.165) is 0 Å². The lowest BCUT2D eigenvalue weighted by Crippen LogP contribution is -2.25. The van der Waals surface area contributed by atoms with E-state index in [4.69, 9.17) is 10.6 Å². The second-order valence-electron chi connectivity index (χ2n) is 4.26. The molecule has 0 amide bonds. The Morgan fingerprint density at radius 1 is 1.47 bits per heavy atom. The van der Waals surface area contributed by atoms with Gasteiger partial charge in [-0.1, -0.05) is 0 Å². The van der Waals surface area contributed by atoms with Crippen LogP contribution in [0.4, 0.5) is 11.6 Å². The minimum Gasteiger partial charge on any atom is -0.490 e. The number of hydrogen-bond acceptors (Lipinski definition) is 8. The van der Waals surface area contributed by atoms with E-state index < -0.39 is 9.84 Å². The number of nitrogens with two attached hydrogens (primary N) is 1. The number of sulfone groups is 1. The summed E-state index contributed by atoms with van der Waals surface area (Å²) in [5, 5.41) is 2.61. The second kappa shape index (κ2) is 5.57. The zero-order valence-electron chi connectivity index (χ0n) is 10.6. The van der Waals surface area contributed by atoms with Crippen LogP contribution in [0.2, 0.25) is 0 Å². The van der Waals surface area contributed by atoms with E-state index in [-0.39, 0.29) is 11.0 Å². The first-order valence-corrected chi connectivity index (χ1v) is 7.61. The van der Waals surface area contributed by atoms with E-state index >= 15 is 0 Å². The molecule has 0 saturated carbocycles. The Balaban J connectivity index is 2.12. The van der Waals surface area contributed by atoms with E-state index in [1.165, 1.54) is 13.4 Å². The van der Waals surface area contributed by atoms with Gasteiger partial charge >= 0.3 is 0 Å². The van der Waals surface area contributed by atoms with Gasteiger partial charge < -0.3 is 15.5 Å². The predicted molar refractivity (Wildman–Crippen MR) is 71.7 cm³/mol. The van der Waals surface area contributed by atoms with Crippen molar-refractivity contribution in [2.24, 2.45) is 5.84 Å². The topological polar surface area (TPSA) is 119 Å². The molecule has 1 aromatic heterocycles. The summed E-state index contributed by atoms with van der Waals surface area (Å²) in [6, 6.07) is 0. The normalized spacial score (nSPS) is 21.1. The Kier molecular flexibility index (Phi) is 4.05. The number of rotatable bonds is 5. The van der Waals surface area contributed by atoms with Gasteiger partial charge in [0.1, 0.15) is 6.33 Å².